The van der Waals surface area contributed by atoms with Crippen molar-refractivity contribution in [3.63, 3.8) is 0 Å². The molecule has 0 unspecified atom stereocenters. The summed E-state index contributed by atoms with van der Waals surface area (Å²) in [5.74, 6) is 0.208. The molecule has 1 aromatic carbocycles. The normalized spacial score (nSPS) is 22.5. The lowest BCUT2D eigenvalue weighted by Crippen LogP contribution is -2.45. The molecule has 1 aromatic rings. The predicted octanol–water partition coefficient (Wildman–Crippen LogP) is 1.73. The summed E-state index contributed by atoms with van der Waals surface area (Å²) in [5, 5.41) is 0. The first-order chi connectivity index (χ1) is 14.5. The van der Waals surface area contributed by atoms with E-state index >= 15 is 0 Å². The van der Waals surface area contributed by atoms with E-state index < -0.39 is 10.0 Å². The highest BCUT2D eigenvalue weighted by Gasteiger charge is 2.28. The van der Waals surface area contributed by atoms with Gasteiger partial charge in [-0.05, 0) is 62.9 Å². The minimum absolute atomic E-state index is 0.208. The van der Waals surface area contributed by atoms with E-state index in [9.17, 15) is 13.2 Å². The Morgan fingerprint density at radius 2 is 1.57 bits per heavy atom. The highest BCUT2D eigenvalue weighted by atomic mass is 32.2. The number of carbonyl (C=O) groups is 1. The van der Waals surface area contributed by atoms with E-state index in [1.807, 2.05) is 17.0 Å². The Morgan fingerprint density at radius 3 is 2.20 bits per heavy atom. The van der Waals surface area contributed by atoms with Crippen molar-refractivity contribution in [2.24, 2.45) is 0 Å². The Kier molecular flexibility index (Phi) is 7.08. The molecule has 8 heteroatoms. The van der Waals surface area contributed by atoms with Gasteiger partial charge in [0.05, 0.1) is 18.1 Å². The Hall–Kier alpha value is -1.48. The van der Waals surface area contributed by atoms with E-state index in [4.69, 9.17) is 4.74 Å². The Balaban J connectivity index is 1.25. The number of hydrogen-bond donors (Lipinski definition) is 0. The van der Waals surface area contributed by atoms with Crippen LogP contribution in [0.15, 0.2) is 29.2 Å². The number of piperidine rings is 1. The predicted molar refractivity (Wildman–Crippen MR) is 115 cm³/mol. The van der Waals surface area contributed by atoms with Crippen molar-refractivity contribution < 1.29 is 17.9 Å². The molecule has 0 spiro atoms. The van der Waals surface area contributed by atoms with Gasteiger partial charge >= 0.3 is 0 Å². The topological polar surface area (TPSA) is 70.2 Å². The smallest absolute Gasteiger partial charge is 0.243 e. The molecule has 0 atom stereocenters. The monoisotopic (exact) mass is 435 g/mol. The lowest BCUT2D eigenvalue weighted by atomic mass is 10.0. The summed E-state index contributed by atoms with van der Waals surface area (Å²) in [5.41, 5.74) is 0.997. The molecule has 3 aliphatic rings. The molecule has 166 valence electrons. The molecule has 30 heavy (non-hydrogen) atoms. The number of nitrogens with zero attached hydrogens (tertiary/aromatic N) is 3. The molecular weight excluding hydrogens is 402 g/mol. The summed E-state index contributed by atoms with van der Waals surface area (Å²) in [7, 11) is -3.47. The van der Waals surface area contributed by atoms with Crippen LogP contribution in [-0.4, -0.2) is 87.0 Å². The molecule has 1 amide bonds. The average Bonchev–Trinajstić information content (AvgIpc) is 3.33. The van der Waals surface area contributed by atoms with Crippen molar-refractivity contribution in [2.45, 2.75) is 49.5 Å². The quantitative estimate of drug-likeness (QED) is 0.681. The number of rotatable bonds is 6. The molecule has 0 aromatic heterocycles. The summed E-state index contributed by atoms with van der Waals surface area (Å²) in [4.78, 5) is 17.5. The van der Waals surface area contributed by atoms with E-state index in [0.717, 1.165) is 31.5 Å². The number of benzene rings is 1. The van der Waals surface area contributed by atoms with Gasteiger partial charge in [0.2, 0.25) is 15.9 Å². The van der Waals surface area contributed by atoms with Gasteiger partial charge in [0, 0.05) is 38.6 Å². The Labute approximate surface area is 180 Å². The molecule has 0 radical (unpaired) electrons. The van der Waals surface area contributed by atoms with Crippen LogP contribution in [0.1, 0.15) is 37.7 Å². The van der Waals surface area contributed by atoms with Crippen molar-refractivity contribution in [3.8, 4) is 0 Å². The van der Waals surface area contributed by atoms with Gasteiger partial charge in [0.15, 0.2) is 0 Å². The molecule has 4 rings (SSSR count). The summed E-state index contributed by atoms with van der Waals surface area (Å²) < 4.78 is 32.1. The zero-order chi connectivity index (χ0) is 21.0. The lowest BCUT2D eigenvalue weighted by molar-refractivity contribution is -0.132. The minimum atomic E-state index is -3.47. The van der Waals surface area contributed by atoms with Crippen LogP contribution in [0.4, 0.5) is 0 Å². The van der Waals surface area contributed by atoms with Crippen molar-refractivity contribution in [1.82, 2.24) is 14.1 Å². The van der Waals surface area contributed by atoms with Crippen LogP contribution >= 0.6 is 0 Å². The zero-order valence-electron chi connectivity index (χ0n) is 17.7. The first-order valence-corrected chi connectivity index (χ1v) is 12.7. The number of amides is 1. The van der Waals surface area contributed by atoms with Crippen LogP contribution in [-0.2, 0) is 26.0 Å². The van der Waals surface area contributed by atoms with Crippen molar-refractivity contribution >= 4 is 15.9 Å². The van der Waals surface area contributed by atoms with Crippen LogP contribution < -0.4 is 0 Å². The summed E-state index contributed by atoms with van der Waals surface area (Å²) in [6.45, 7) is 5.82. The summed E-state index contributed by atoms with van der Waals surface area (Å²) >= 11 is 0. The van der Waals surface area contributed by atoms with Crippen molar-refractivity contribution in [3.05, 3.63) is 29.8 Å². The van der Waals surface area contributed by atoms with Gasteiger partial charge < -0.3 is 14.5 Å². The maximum Gasteiger partial charge on any atom is 0.243 e. The molecule has 3 heterocycles. The maximum atomic E-state index is 12.7. The van der Waals surface area contributed by atoms with Crippen LogP contribution in [0.2, 0.25) is 0 Å². The number of ether oxygens (including phenoxy) is 1. The first-order valence-electron chi connectivity index (χ1n) is 11.2. The number of aryl methyl sites for hydroxylation is 1. The van der Waals surface area contributed by atoms with E-state index in [1.165, 1.54) is 30.2 Å². The van der Waals surface area contributed by atoms with E-state index in [2.05, 4.69) is 4.90 Å². The van der Waals surface area contributed by atoms with Crippen LogP contribution in [0.25, 0.3) is 0 Å². The van der Waals surface area contributed by atoms with Crippen LogP contribution in [0.5, 0.6) is 0 Å². The van der Waals surface area contributed by atoms with E-state index in [1.54, 1.807) is 12.1 Å². The molecule has 0 saturated carbocycles. The average molecular weight is 436 g/mol. The van der Waals surface area contributed by atoms with Gasteiger partial charge in [-0.3, -0.25) is 4.79 Å². The SMILES string of the molecule is O=C(CCc1ccc(S(=O)(=O)N2CCOCC2)cc1)N1CCC(N2CCCC2)CC1. The van der Waals surface area contributed by atoms with Crippen LogP contribution in [0, 0.1) is 0 Å². The van der Waals surface area contributed by atoms with Crippen LogP contribution in [0.3, 0.4) is 0 Å². The van der Waals surface area contributed by atoms with E-state index in [0.29, 0.717) is 50.1 Å². The number of hydrogen-bond acceptors (Lipinski definition) is 5. The second kappa shape index (κ2) is 9.77. The molecule has 3 saturated heterocycles. The van der Waals surface area contributed by atoms with Gasteiger partial charge in [0.1, 0.15) is 0 Å². The Bertz CT molecular complexity index is 807. The fourth-order valence-electron chi connectivity index (χ4n) is 4.76. The number of carbonyl (C=O) groups excluding carboxylic acids is 1. The fraction of sp³-hybridized carbons (Fsp3) is 0.682. The Morgan fingerprint density at radius 1 is 0.933 bits per heavy atom. The maximum absolute atomic E-state index is 12.7. The highest BCUT2D eigenvalue weighted by Crippen LogP contribution is 2.22. The highest BCUT2D eigenvalue weighted by molar-refractivity contribution is 7.89. The summed E-state index contributed by atoms with van der Waals surface area (Å²) in [6.07, 6.45) is 5.91. The third kappa shape index (κ3) is 5.04. The number of likely N-dealkylation sites (tertiary alicyclic amines) is 2. The fourth-order valence-corrected chi connectivity index (χ4v) is 6.17. The molecule has 7 nitrogen and oxygen atoms in total. The number of morpholine rings is 1. The number of sulfonamides is 1. The second-order valence-electron chi connectivity index (χ2n) is 8.52. The second-order valence-corrected chi connectivity index (χ2v) is 10.5. The van der Waals surface area contributed by atoms with E-state index in [-0.39, 0.29) is 5.91 Å². The van der Waals surface area contributed by atoms with Gasteiger partial charge in [-0.2, -0.15) is 4.31 Å². The summed E-state index contributed by atoms with van der Waals surface area (Å²) in [6, 6.07) is 7.64. The molecule has 0 bridgehead atoms. The first kappa shape index (κ1) is 21.7. The molecule has 0 N–H and O–H groups in total. The van der Waals surface area contributed by atoms with Crippen molar-refractivity contribution in [1.29, 1.82) is 0 Å². The lowest BCUT2D eigenvalue weighted by Gasteiger charge is -2.36. The van der Waals surface area contributed by atoms with Gasteiger partial charge in [0.25, 0.3) is 0 Å². The molecular formula is C22H33N3O4S. The minimum Gasteiger partial charge on any atom is -0.379 e. The third-order valence-corrected chi connectivity index (χ3v) is 8.55. The van der Waals surface area contributed by atoms with Gasteiger partial charge in [-0.15, -0.1) is 0 Å². The zero-order valence-corrected chi connectivity index (χ0v) is 18.5. The molecule has 3 aliphatic heterocycles. The van der Waals surface area contributed by atoms with Gasteiger partial charge in [-0.1, -0.05) is 12.1 Å². The standard InChI is InChI=1S/C22H33N3O4S/c26-22(24-13-9-20(10-14-24)23-11-1-2-12-23)8-5-19-3-6-21(7-4-19)30(27,28)25-15-17-29-18-16-25/h3-4,6-7,20H,1-2,5,8-18H2. The van der Waals surface area contributed by atoms with Gasteiger partial charge in [-0.25, -0.2) is 8.42 Å². The molecule has 0 aliphatic carbocycles. The molecule has 3 fully saturated rings. The third-order valence-electron chi connectivity index (χ3n) is 6.63. The van der Waals surface area contributed by atoms with Crippen molar-refractivity contribution in [2.75, 3.05) is 52.5 Å². The largest absolute Gasteiger partial charge is 0.379 e.